The third-order valence-electron chi connectivity index (χ3n) is 3.90. The number of carbonyl (C=O) groups is 2. The van der Waals surface area contributed by atoms with Crippen molar-refractivity contribution in [3.63, 3.8) is 0 Å². The average Bonchev–Trinajstić information content (AvgIpc) is 2.62. The second kappa shape index (κ2) is 7.82. The maximum Gasteiger partial charge on any atom is 0.326 e. The number of para-hydroxylation sites is 1. The quantitative estimate of drug-likeness (QED) is 0.700. The molecule has 3 rings (SSSR count). The smallest absolute Gasteiger partial charge is 0.326 e. The fraction of sp³-hybridized carbons (Fsp3) is 0.200. The number of hydrogen-bond acceptors (Lipinski definition) is 5. The minimum Gasteiger partial charge on any atom is -0.454 e. The molecule has 0 spiro atoms. The highest BCUT2D eigenvalue weighted by Gasteiger charge is 2.11. The van der Waals surface area contributed by atoms with Gasteiger partial charge in [0, 0.05) is 5.69 Å². The van der Waals surface area contributed by atoms with Crippen molar-refractivity contribution in [2.45, 2.75) is 20.4 Å². The first kappa shape index (κ1) is 18.3. The van der Waals surface area contributed by atoms with Crippen LogP contribution in [0.3, 0.4) is 0 Å². The van der Waals surface area contributed by atoms with E-state index >= 15 is 0 Å². The lowest BCUT2D eigenvalue weighted by Crippen LogP contribution is -2.28. The third-order valence-corrected chi connectivity index (χ3v) is 3.90. The van der Waals surface area contributed by atoms with Crippen LogP contribution in [0.15, 0.2) is 53.6 Å². The molecular formula is C20H19N3O4. The minimum absolute atomic E-state index is 0.312. The number of esters is 1. The Balaban J connectivity index is 1.59. The lowest BCUT2D eigenvalue weighted by atomic mass is 10.1. The molecule has 1 N–H and O–H groups in total. The van der Waals surface area contributed by atoms with E-state index in [1.54, 1.807) is 24.3 Å². The lowest BCUT2D eigenvalue weighted by molar-refractivity contribution is -0.147. The van der Waals surface area contributed by atoms with Crippen molar-refractivity contribution in [1.82, 2.24) is 9.55 Å². The molecule has 0 saturated carbocycles. The summed E-state index contributed by atoms with van der Waals surface area (Å²) in [6.45, 7) is 3.12. The van der Waals surface area contributed by atoms with Crippen LogP contribution in [0.4, 0.5) is 5.69 Å². The Morgan fingerprint density at radius 2 is 1.81 bits per heavy atom. The standard InChI is InChI=1S/C20H19N3O4/c1-13-7-14(2)9-15(8-13)22-18(24)11-27-19(25)10-23-12-21-17-6-4-3-5-16(17)20(23)26/h3-9,12H,10-11H2,1-2H3,(H,22,24). The predicted octanol–water partition coefficient (Wildman–Crippen LogP) is 2.20. The largest absolute Gasteiger partial charge is 0.454 e. The van der Waals surface area contributed by atoms with Crippen molar-refractivity contribution >= 4 is 28.5 Å². The number of benzene rings is 2. The van der Waals surface area contributed by atoms with E-state index in [1.807, 2.05) is 32.0 Å². The topological polar surface area (TPSA) is 90.3 Å². The van der Waals surface area contributed by atoms with Crippen molar-refractivity contribution in [3.8, 4) is 0 Å². The minimum atomic E-state index is -0.690. The summed E-state index contributed by atoms with van der Waals surface area (Å²) in [6.07, 6.45) is 1.29. The van der Waals surface area contributed by atoms with Gasteiger partial charge in [-0.3, -0.25) is 19.0 Å². The van der Waals surface area contributed by atoms with Crippen LogP contribution in [-0.2, 0) is 20.9 Å². The van der Waals surface area contributed by atoms with Gasteiger partial charge in [-0.1, -0.05) is 18.2 Å². The number of aromatic nitrogens is 2. The van der Waals surface area contributed by atoms with E-state index in [0.29, 0.717) is 16.6 Å². The second-order valence-corrected chi connectivity index (χ2v) is 6.28. The van der Waals surface area contributed by atoms with Crippen molar-refractivity contribution in [3.05, 3.63) is 70.3 Å². The molecule has 7 nitrogen and oxygen atoms in total. The van der Waals surface area contributed by atoms with Gasteiger partial charge in [0.25, 0.3) is 11.5 Å². The van der Waals surface area contributed by atoms with Crippen LogP contribution >= 0.6 is 0 Å². The molecule has 0 aliphatic rings. The number of hydrogen-bond donors (Lipinski definition) is 1. The number of anilines is 1. The summed E-state index contributed by atoms with van der Waals surface area (Å²) < 4.78 is 6.13. The van der Waals surface area contributed by atoms with Crippen molar-refractivity contribution in [2.75, 3.05) is 11.9 Å². The van der Waals surface area contributed by atoms with E-state index in [4.69, 9.17) is 4.74 Å². The number of ether oxygens (including phenoxy) is 1. The monoisotopic (exact) mass is 365 g/mol. The van der Waals surface area contributed by atoms with Crippen LogP contribution in [0.1, 0.15) is 11.1 Å². The molecule has 0 aliphatic heterocycles. The molecule has 0 atom stereocenters. The van der Waals surface area contributed by atoms with E-state index < -0.39 is 18.5 Å². The molecule has 7 heteroatoms. The molecule has 138 valence electrons. The van der Waals surface area contributed by atoms with Gasteiger partial charge in [-0.25, -0.2) is 4.98 Å². The zero-order chi connectivity index (χ0) is 19.4. The molecule has 27 heavy (non-hydrogen) atoms. The summed E-state index contributed by atoms with van der Waals surface area (Å²) in [5.74, 6) is -1.14. The summed E-state index contributed by atoms with van der Waals surface area (Å²) in [7, 11) is 0. The fourth-order valence-electron chi connectivity index (χ4n) is 2.79. The first-order valence-electron chi connectivity index (χ1n) is 8.40. The Morgan fingerprint density at radius 3 is 2.56 bits per heavy atom. The van der Waals surface area contributed by atoms with Gasteiger partial charge in [-0.2, -0.15) is 0 Å². The van der Waals surface area contributed by atoms with E-state index in [2.05, 4.69) is 10.3 Å². The lowest BCUT2D eigenvalue weighted by Gasteiger charge is -2.09. The highest BCUT2D eigenvalue weighted by Crippen LogP contribution is 2.13. The van der Waals surface area contributed by atoms with Gasteiger partial charge >= 0.3 is 5.97 Å². The predicted molar refractivity (Wildman–Crippen MR) is 102 cm³/mol. The molecule has 0 unspecified atom stereocenters. The van der Waals surface area contributed by atoms with Crippen LogP contribution < -0.4 is 10.9 Å². The highest BCUT2D eigenvalue weighted by molar-refractivity contribution is 5.93. The van der Waals surface area contributed by atoms with Crippen LogP contribution in [0.25, 0.3) is 10.9 Å². The molecule has 0 aliphatic carbocycles. The first-order valence-corrected chi connectivity index (χ1v) is 8.40. The van der Waals surface area contributed by atoms with E-state index in [0.717, 1.165) is 15.7 Å². The van der Waals surface area contributed by atoms with Gasteiger partial charge < -0.3 is 10.1 Å². The molecule has 3 aromatic rings. The van der Waals surface area contributed by atoms with Crippen molar-refractivity contribution in [2.24, 2.45) is 0 Å². The first-order chi connectivity index (χ1) is 12.9. The Bertz CT molecular complexity index is 1050. The third kappa shape index (κ3) is 4.58. The van der Waals surface area contributed by atoms with E-state index in [-0.39, 0.29) is 12.1 Å². The molecular weight excluding hydrogens is 346 g/mol. The molecule has 0 bridgehead atoms. The van der Waals surface area contributed by atoms with Gasteiger partial charge in [0.2, 0.25) is 0 Å². The highest BCUT2D eigenvalue weighted by atomic mass is 16.5. The Kier molecular flexibility index (Phi) is 5.30. The number of amides is 1. The number of carbonyl (C=O) groups excluding carboxylic acids is 2. The molecule has 2 aromatic carbocycles. The second-order valence-electron chi connectivity index (χ2n) is 6.28. The Hall–Kier alpha value is -3.48. The summed E-state index contributed by atoms with van der Waals surface area (Å²) in [5.41, 5.74) is 2.90. The zero-order valence-electron chi connectivity index (χ0n) is 15.1. The normalized spacial score (nSPS) is 10.6. The number of rotatable bonds is 5. The summed E-state index contributed by atoms with van der Waals surface area (Å²) in [6, 6.07) is 12.5. The molecule has 1 amide bonds. The molecule has 0 fully saturated rings. The summed E-state index contributed by atoms with van der Waals surface area (Å²) in [4.78, 5) is 40.4. The molecule has 0 saturated heterocycles. The van der Waals surface area contributed by atoms with E-state index in [1.165, 1.54) is 6.33 Å². The van der Waals surface area contributed by atoms with E-state index in [9.17, 15) is 14.4 Å². The fourth-order valence-corrected chi connectivity index (χ4v) is 2.79. The van der Waals surface area contributed by atoms with Crippen LogP contribution in [0.2, 0.25) is 0 Å². The van der Waals surface area contributed by atoms with Crippen LogP contribution in [-0.4, -0.2) is 28.0 Å². The van der Waals surface area contributed by atoms with Crippen LogP contribution in [0.5, 0.6) is 0 Å². The van der Waals surface area contributed by atoms with Crippen molar-refractivity contribution < 1.29 is 14.3 Å². The SMILES string of the molecule is Cc1cc(C)cc(NC(=O)COC(=O)Cn2cnc3ccccc3c2=O)c1. The van der Waals surface area contributed by atoms with Gasteiger partial charge in [0.05, 0.1) is 17.2 Å². The number of nitrogens with one attached hydrogen (secondary N) is 1. The number of nitrogens with zero attached hydrogens (tertiary/aromatic N) is 2. The number of fused-ring (bicyclic) bond motifs is 1. The molecule has 0 radical (unpaired) electrons. The van der Waals surface area contributed by atoms with Crippen LogP contribution in [0, 0.1) is 13.8 Å². The summed E-state index contributed by atoms with van der Waals surface area (Å²) >= 11 is 0. The zero-order valence-corrected chi connectivity index (χ0v) is 15.1. The Labute approximate surface area is 155 Å². The Morgan fingerprint density at radius 1 is 1.11 bits per heavy atom. The van der Waals surface area contributed by atoms with Gasteiger partial charge in [-0.15, -0.1) is 0 Å². The van der Waals surface area contributed by atoms with Gasteiger partial charge in [-0.05, 0) is 49.2 Å². The summed E-state index contributed by atoms with van der Waals surface area (Å²) in [5, 5.41) is 3.10. The van der Waals surface area contributed by atoms with Gasteiger partial charge in [0.15, 0.2) is 6.61 Å². The number of aryl methyl sites for hydroxylation is 2. The molecule has 1 heterocycles. The van der Waals surface area contributed by atoms with Crippen molar-refractivity contribution in [1.29, 1.82) is 0 Å². The maximum absolute atomic E-state index is 12.3. The van der Waals surface area contributed by atoms with Gasteiger partial charge in [0.1, 0.15) is 6.54 Å². The maximum atomic E-state index is 12.3. The molecule has 1 aromatic heterocycles. The average molecular weight is 365 g/mol.